The molecule has 1 amide bonds. The average Bonchev–Trinajstić information content (AvgIpc) is 2.32. The number of amides is 1. The number of benzene rings is 1. The van der Waals surface area contributed by atoms with E-state index in [1.165, 1.54) is 0 Å². The summed E-state index contributed by atoms with van der Waals surface area (Å²) in [5, 5.41) is 7.00. The van der Waals surface area contributed by atoms with Crippen LogP contribution in [-0.4, -0.2) is 24.5 Å². The molecule has 3 nitrogen and oxygen atoms in total. The van der Waals surface area contributed by atoms with E-state index in [1.807, 2.05) is 0 Å². The van der Waals surface area contributed by atoms with Crippen molar-refractivity contribution in [2.24, 2.45) is 0 Å². The fourth-order valence-corrected chi connectivity index (χ4v) is 2.31. The lowest BCUT2D eigenvalue weighted by atomic mass is 9.99. The SMILES string of the molecule is CC1NCCCC1NC(=O)c1cccc(Cl)c1.Cl. The summed E-state index contributed by atoms with van der Waals surface area (Å²) in [5.74, 6) is -0.0481. The van der Waals surface area contributed by atoms with Crippen molar-refractivity contribution in [1.29, 1.82) is 0 Å². The number of nitrogens with one attached hydrogen (secondary N) is 2. The first-order valence-corrected chi connectivity index (χ1v) is 6.34. The second kappa shape index (κ2) is 6.98. The molecule has 1 aliphatic rings. The van der Waals surface area contributed by atoms with Crippen molar-refractivity contribution in [3.63, 3.8) is 0 Å². The molecule has 0 aliphatic carbocycles. The molecule has 1 aliphatic heterocycles. The van der Waals surface area contributed by atoms with Gasteiger partial charge < -0.3 is 10.6 Å². The number of hydrogen-bond acceptors (Lipinski definition) is 2. The third kappa shape index (κ3) is 3.87. The predicted molar refractivity (Wildman–Crippen MR) is 76.7 cm³/mol. The van der Waals surface area contributed by atoms with Crippen LogP contribution in [0.1, 0.15) is 30.1 Å². The lowest BCUT2D eigenvalue weighted by Crippen LogP contribution is -2.51. The van der Waals surface area contributed by atoms with Gasteiger partial charge in [-0.05, 0) is 44.5 Å². The summed E-state index contributed by atoms with van der Waals surface area (Å²) in [6.07, 6.45) is 2.13. The maximum atomic E-state index is 12.0. The van der Waals surface area contributed by atoms with Crippen molar-refractivity contribution < 1.29 is 4.79 Å². The number of rotatable bonds is 2. The van der Waals surface area contributed by atoms with Crippen LogP contribution in [0.15, 0.2) is 24.3 Å². The summed E-state index contributed by atoms with van der Waals surface area (Å²) < 4.78 is 0. The fraction of sp³-hybridized carbons (Fsp3) is 0.462. The number of carbonyl (C=O) groups is 1. The van der Waals surface area contributed by atoms with Crippen LogP contribution in [0.25, 0.3) is 0 Å². The molecule has 1 heterocycles. The summed E-state index contributed by atoms with van der Waals surface area (Å²) in [6, 6.07) is 7.56. The molecule has 0 saturated carbocycles. The van der Waals surface area contributed by atoms with E-state index in [-0.39, 0.29) is 24.4 Å². The average molecular weight is 289 g/mol. The minimum Gasteiger partial charge on any atom is -0.348 e. The van der Waals surface area contributed by atoms with Gasteiger partial charge in [-0.1, -0.05) is 17.7 Å². The highest BCUT2D eigenvalue weighted by Gasteiger charge is 2.22. The Morgan fingerprint density at radius 1 is 1.50 bits per heavy atom. The number of halogens is 2. The Bertz CT molecular complexity index is 412. The summed E-state index contributed by atoms with van der Waals surface area (Å²) in [5.41, 5.74) is 0.621. The third-order valence-corrected chi connectivity index (χ3v) is 3.40. The molecule has 100 valence electrons. The highest BCUT2D eigenvalue weighted by atomic mass is 35.5. The van der Waals surface area contributed by atoms with E-state index in [1.54, 1.807) is 24.3 Å². The van der Waals surface area contributed by atoms with E-state index in [0.29, 0.717) is 16.6 Å². The first kappa shape index (κ1) is 15.3. The van der Waals surface area contributed by atoms with Crippen molar-refractivity contribution in [3.05, 3.63) is 34.9 Å². The van der Waals surface area contributed by atoms with Gasteiger partial charge in [0.1, 0.15) is 0 Å². The maximum absolute atomic E-state index is 12.0. The van der Waals surface area contributed by atoms with E-state index in [4.69, 9.17) is 11.6 Å². The Kier molecular flexibility index (Phi) is 5.93. The minimum atomic E-state index is -0.0481. The molecule has 2 unspecified atom stereocenters. The number of carbonyl (C=O) groups excluding carboxylic acids is 1. The number of hydrogen-bond donors (Lipinski definition) is 2. The third-order valence-electron chi connectivity index (χ3n) is 3.17. The maximum Gasteiger partial charge on any atom is 0.251 e. The Morgan fingerprint density at radius 3 is 2.94 bits per heavy atom. The van der Waals surface area contributed by atoms with Gasteiger partial charge in [-0.25, -0.2) is 0 Å². The van der Waals surface area contributed by atoms with Gasteiger partial charge in [0.15, 0.2) is 0 Å². The highest BCUT2D eigenvalue weighted by Crippen LogP contribution is 2.13. The molecule has 2 rings (SSSR count). The smallest absolute Gasteiger partial charge is 0.251 e. The van der Waals surface area contributed by atoms with Crippen LogP contribution in [0.3, 0.4) is 0 Å². The van der Waals surface area contributed by atoms with Crippen LogP contribution in [0.5, 0.6) is 0 Å². The first-order chi connectivity index (χ1) is 8.16. The van der Waals surface area contributed by atoms with Crippen LogP contribution < -0.4 is 10.6 Å². The molecule has 18 heavy (non-hydrogen) atoms. The minimum absolute atomic E-state index is 0. The van der Waals surface area contributed by atoms with Gasteiger partial charge in [-0.2, -0.15) is 0 Å². The Morgan fingerprint density at radius 2 is 2.28 bits per heavy atom. The lowest BCUT2D eigenvalue weighted by Gasteiger charge is -2.30. The van der Waals surface area contributed by atoms with E-state index >= 15 is 0 Å². The van der Waals surface area contributed by atoms with E-state index in [0.717, 1.165) is 19.4 Å². The predicted octanol–water partition coefficient (Wildman–Crippen LogP) is 2.63. The second-order valence-corrected chi connectivity index (χ2v) is 4.91. The molecule has 1 saturated heterocycles. The van der Waals surface area contributed by atoms with E-state index in [9.17, 15) is 4.79 Å². The molecule has 2 N–H and O–H groups in total. The normalized spacial score (nSPS) is 23.0. The molecule has 1 aromatic carbocycles. The van der Waals surface area contributed by atoms with Crippen LogP contribution in [0.2, 0.25) is 5.02 Å². The molecule has 0 radical (unpaired) electrons. The van der Waals surface area contributed by atoms with Crippen molar-refractivity contribution >= 4 is 29.9 Å². The molecular weight excluding hydrogens is 271 g/mol. The molecule has 1 fully saturated rings. The summed E-state index contributed by atoms with van der Waals surface area (Å²) in [7, 11) is 0. The van der Waals surface area contributed by atoms with Gasteiger partial charge in [-0.15, -0.1) is 12.4 Å². The van der Waals surface area contributed by atoms with Gasteiger partial charge in [0.05, 0.1) is 0 Å². The summed E-state index contributed by atoms with van der Waals surface area (Å²) in [4.78, 5) is 12.0. The monoisotopic (exact) mass is 288 g/mol. The zero-order chi connectivity index (χ0) is 12.3. The molecular formula is C13H18Cl2N2O. The molecule has 0 aromatic heterocycles. The standard InChI is InChI=1S/C13H17ClN2O.ClH/c1-9-12(6-3-7-15-9)16-13(17)10-4-2-5-11(14)8-10;/h2,4-5,8-9,12,15H,3,6-7H2,1H3,(H,16,17);1H. The summed E-state index contributed by atoms with van der Waals surface area (Å²) in [6.45, 7) is 3.13. The molecule has 0 spiro atoms. The quantitative estimate of drug-likeness (QED) is 0.878. The van der Waals surface area contributed by atoms with Gasteiger partial charge in [0, 0.05) is 22.7 Å². The van der Waals surface area contributed by atoms with E-state index < -0.39 is 0 Å². The topological polar surface area (TPSA) is 41.1 Å². The highest BCUT2D eigenvalue weighted by molar-refractivity contribution is 6.30. The molecule has 2 atom stereocenters. The van der Waals surface area contributed by atoms with Gasteiger partial charge in [0.2, 0.25) is 0 Å². The van der Waals surface area contributed by atoms with Crippen molar-refractivity contribution in [3.8, 4) is 0 Å². The second-order valence-electron chi connectivity index (χ2n) is 4.48. The van der Waals surface area contributed by atoms with Crippen LogP contribution in [0, 0.1) is 0 Å². The zero-order valence-corrected chi connectivity index (χ0v) is 11.9. The van der Waals surface area contributed by atoms with Gasteiger partial charge in [0.25, 0.3) is 5.91 Å². The van der Waals surface area contributed by atoms with Crippen molar-refractivity contribution in [2.75, 3.05) is 6.54 Å². The summed E-state index contributed by atoms with van der Waals surface area (Å²) >= 11 is 5.87. The molecule has 1 aromatic rings. The van der Waals surface area contributed by atoms with Crippen LogP contribution in [-0.2, 0) is 0 Å². The largest absolute Gasteiger partial charge is 0.348 e. The van der Waals surface area contributed by atoms with Crippen LogP contribution >= 0.6 is 24.0 Å². The zero-order valence-electron chi connectivity index (χ0n) is 10.3. The molecule has 5 heteroatoms. The van der Waals surface area contributed by atoms with E-state index in [2.05, 4.69) is 17.6 Å². The first-order valence-electron chi connectivity index (χ1n) is 5.96. The Hall–Kier alpha value is -0.770. The van der Waals surface area contributed by atoms with Gasteiger partial charge in [-0.3, -0.25) is 4.79 Å². The van der Waals surface area contributed by atoms with Crippen molar-refractivity contribution in [2.45, 2.75) is 31.8 Å². The lowest BCUT2D eigenvalue weighted by molar-refractivity contribution is 0.0920. The molecule has 0 bridgehead atoms. The Balaban J connectivity index is 0.00000162. The Labute approximate surface area is 119 Å². The van der Waals surface area contributed by atoms with Crippen LogP contribution in [0.4, 0.5) is 0 Å². The van der Waals surface area contributed by atoms with Gasteiger partial charge >= 0.3 is 0 Å². The fourth-order valence-electron chi connectivity index (χ4n) is 2.12. The van der Waals surface area contributed by atoms with Crippen molar-refractivity contribution in [1.82, 2.24) is 10.6 Å². The number of piperidine rings is 1.